The van der Waals surface area contributed by atoms with Gasteiger partial charge in [-0.25, -0.2) is 14.4 Å². The number of imidazole rings is 1. The van der Waals surface area contributed by atoms with Crippen molar-refractivity contribution in [3.8, 4) is 0 Å². The number of nitrogen functional groups attached to an aromatic ring is 1. The number of benzene rings is 1. The second-order valence-corrected chi connectivity index (χ2v) is 4.39. The number of hydrogen-bond acceptors (Lipinski definition) is 4. The highest BCUT2D eigenvalue weighted by atomic mass is 32.1. The van der Waals surface area contributed by atoms with Gasteiger partial charge in [0.25, 0.3) is 0 Å². The zero-order valence-corrected chi connectivity index (χ0v) is 9.62. The molecule has 86 valence electrons. The Hall–Kier alpha value is -1.95. The lowest BCUT2D eigenvalue weighted by Crippen LogP contribution is -2.04. The van der Waals surface area contributed by atoms with Crippen LogP contribution < -0.4 is 5.73 Å². The van der Waals surface area contributed by atoms with E-state index in [9.17, 15) is 4.39 Å². The fraction of sp³-hybridized carbons (Fsp3) is 0.0909. The van der Waals surface area contributed by atoms with Crippen molar-refractivity contribution in [3.05, 3.63) is 40.6 Å². The largest absolute Gasteiger partial charge is 0.369 e. The molecule has 0 aliphatic rings. The van der Waals surface area contributed by atoms with Crippen molar-refractivity contribution in [2.24, 2.45) is 0 Å². The fourth-order valence-corrected chi connectivity index (χ4v) is 2.31. The van der Waals surface area contributed by atoms with Crippen molar-refractivity contribution in [1.82, 2.24) is 14.5 Å². The van der Waals surface area contributed by atoms with E-state index in [-0.39, 0.29) is 5.82 Å². The first-order valence-corrected chi connectivity index (χ1v) is 5.96. The predicted octanol–water partition coefficient (Wildman–Crippen LogP) is 2.26. The van der Waals surface area contributed by atoms with Crippen molar-refractivity contribution in [2.75, 3.05) is 5.73 Å². The first-order chi connectivity index (χ1) is 8.24. The van der Waals surface area contributed by atoms with Crippen molar-refractivity contribution in [3.63, 3.8) is 0 Å². The van der Waals surface area contributed by atoms with Gasteiger partial charge < -0.3 is 10.3 Å². The van der Waals surface area contributed by atoms with Gasteiger partial charge in [0.2, 0.25) is 5.95 Å². The number of anilines is 1. The Bertz CT molecular complexity index is 659. The lowest BCUT2D eigenvalue weighted by Gasteiger charge is -2.03. The van der Waals surface area contributed by atoms with E-state index in [1.54, 1.807) is 16.1 Å². The molecule has 0 fully saturated rings. The van der Waals surface area contributed by atoms with E-state index in [0.717, 1.165) is 5.69 Å². The third-order valence-corrected chi connectivity index (χ3v) is 3.18. The molecule has 17 heavy (non-hydrogen) atoms. The Kier molecular flexibility index (Phi) is 2.29. The van der Waals surface area contributed by atoms with Crippen LogP contribution in [0.4, 0.5) is 10.3 Å². The lowest BCUT2D eigenvalue weighted by atomic mass is 10.3. The first kappa shape index (κ1) is 10.2. The summed E-state index contributed by atoms with van der Waals surface area (Å²) in [7, 11) is 0. The maximum Gasteiger partial charge on any atom is 0.201 e. The highest BCUT2D eigenvalue weighted by Gasteiger charge is 2.10. The topological polar surface area (TPSA) is 56.7 Å². The first-order valence-electron chi connectivity index (χ1n) is 5.02. The van der Waals surface area contributed by atoms with E-state index in [0.29, 0.717) is 23.5 Å². The van der Waals surface area contributed by atoms with Gasteiger partial charge in [-0.3, -0.25) is 0 Å². The van der Waals surface area contributed by atoms with Crippen molar-refractivity contribution < 1.29 is 4.39 Å². The molecule has 0 saturated carbocycles. The highest BCUT2D eigenvalue weighted by Crippen LogP contribution is 2.20. The molecular weight excluding hydrogens is 239 g/mol. The predicted molar refractivity (Wildman–Crippen MR) is 65.3 cm³/mol. The van der Waals surface area contributed by atoms with Crippen molar-refractivity contribution in [2.45, 2.75) is 6.54 Å². The van der Waals surface area contributed by atoms with Gasteiger partial charge in [-0.2, -0.15) is 0 Å². The number of thiazole rings is 1. The number of rotatable bonds is 2. The van der Waals surface area contributed by atoms with E-state index in [4.69, 9.17) is 5.73 Å². The van der Waals surface area contributed by atoms with Crippen LogP contribution in [0.1, 0.15) is 5.69 Å². The summed E-state index contributed by atoms with van der Waals surface area (Å²) >= 11 is 1.52. The molecule has 0 aliphatic carbocycles. The van der Waals surface area contributed by atoms with Gasteiger partial charge >= 0.3 is 0 Å². The zero-order chi connectivity index (χ0) is 11.8. The van der Waals surface area contributed by atoms with Crippen molar-refractivity contribution in [1.29, 1.82) is 0 Å². The maximum atomic E-state index is 13.2. The molecular formula is C11H9FN4S. The Morgan fingerprint density at radius 3 is 3.06 bits per heavy atom. The fourth-order valence-electron chi connectivity index (χ4n) is 1.76. The molecule has 0 saturated heterocycles. The molecule has 0 radical (unpaired) electrons. The lowest BCUT2D eigenvalue weighted by molar-refractivity contribution is 0.628. The zero-order valence-electron chi connectivity index (χ0n) is 8.80. The average Bonchev–Trinajstić information content (AvgIpc) is 2.90. The summed E-state index contributed by atoms with van der Waals surface area (Å²) in [5, 5.41) is 1.94. The second kappa shape index (κ2) is 3.81. The number of aromatic nitrogens is 3. The van der Waals surface area contributed by atoms with Gasteiger partial charge in [0, 0.05) is 5.38 Å². The normalized spacial score (nSPS) is 11.1. The van der Waals surface area contributed by atoms with Gasteiger partial charge in [-0.1, -0.05) is 0 Å². The van der Waals surface area contributed by atoms with Crippen LogP contribution >= 0.6 is 11.3 Å². The minimum atomic E-state index is -0.295. The molecule has 0 spiro atoms. The number of halogens is 1. The van der Waals surface area contributed by atoms with Gasteiger partial charge in [0.1, 0.15) is 5.82 Å². The maximum absolute atomic E-state index is 13.2. The Morgan fingerprint density at radius 1 is 1.41 bits per heavy atom. The van der Waals surface area contributed by atoms with E-state index >= 15 is 0 Å². The standard InChI is InChI=1S/C11H9FN4S/c12-7-1-2-9-10(3-7)16(11(13)15-9)4-8-5-17-6-14-8/h1-3,5-6H,4H2,(H2,13,15). The molecule has 6 heteroatoms. The minimum Gasteiger partial charge on any atom is -0.369 e. The average molecular weight is 248 g/mol. The van der Waals surface area contributed by atoms with E-state index < -0.39 is 0 Å². The van der Waals surface area contributed by atoms with Crippen LogP contribution in [-0.2, 0) is 6.54 Å². The van der Waals surface area contributed by atoms with E-state index in [1.165, 1.54) is 23.5 Å². The number of hydrogen-bond donors (Lipinski definition) is 1. The molecule has 2 N–H and O–H groups in total. The molecule has 0 aliphatic heterocycles. The molecule has 0 bridgehead atoms. The second-order valence-electron chi connectivity index (χ2n) is 3.67. The smallest absolute Gasteiger partial charge is 0.201 e. The quantitative estimate of drug-likeness (QED) is 0.756. The molecule has 2 aromatic heterocycles. The Labute approximate surface area is 101 Å². The molecule has 2 heterocycles. The van der Waals surface area contributed by atoms with Crippen LogP contribution in [0.15, 0.2) is 29.1 Å². The third kappa shape index (κ3) is 1.76. The number of nitrogens with two attached hydrogens (primary N) is 1. The van der Waals surface area contributed by atoms with Crippen LogP contribution in [0.2, 0.25) is 0 Å². The van der Waals surface area contributed by atoms with E-state index in [2.05, 4.69) is 9.97 Å². The molecule has 0 atom stereocenters. The molecule has 4 nitrogen and oxygen atoms in total. The molecule has 3 aromatic rings. The van der Waals surface area contributed by atoms with Crippen molar-refractivity contribution >= 4 is 28.3 Å². The van der Waals surface area contributed by atoms with Crippen LogP contribution in [0, 0.1) is 5.82 Å². The summed E-state index contributed by atoms with van der Waals surface area (Å²) in [5.74, 6) is 0.0792. The summed E-state index contributed by atoms with van der Waals surface area (Å²) in [6.45, 7) is 0.509. The van der Waals surface area contributed by atoms with Crippen LogP contribution in [0.5, 0.6) is 0 Å². The van der Waals surface area contributed by atoms with Crippen LogP contribution in [0.25, 0.3) is 11.0 Å². The molecule has 0 amide bonds. The number of nitrogens with zero attached hydrogens (tertiary/aromatic N) is 3. The summed E-state index contributed by atoms with van der Waals surface area (Å²) in [4.78, 5) is 8.37. The van der Waals surface area contributed by atoms with Gasteiger partial charge in [0.15, 0.2) is 0 Å². The molecule has 1 aromatic carbocycles. The summed E-state index contributed by atoms with van der Waals surface area (Å²) in [6, 6.07) is 4.44. The SMILES string of the molecule is Nc1nc2ccc(F)cc2n1Cc1cscn1. The van der Waals surface area contributed by atoms with Gasteiger partial charge in [-0.05, 0) is 18.2 Å². The van der Waals surface area contributed by atoms with Crippen LogP contribution in [-0.4, -0.2) is 14.5 Å². The Balaban J connectivity index is 2.14. The highest BCUT2D eigenvalue weighted by molar-refractivity contribution is 7.07. The number of fused-ring (bicyclic) bond motifs is 1. The summed E-state index contributed by atoms with van der Waals surface area (Å²) < 4.78 is 15.0. The molecule has 0 unspecified atom stereocenters. The Morgan fingerprint density at radius 2 is 2.29 bits per heavy atom. The monoisotopic (exact) mass is 248 g/mol. The summed E-state index contributed by atoms with van der Waals surface area (Å²) in [5.41, 5.74) is 9.86. The minimum absolute atomic E-state index is 0.295. The van der Waals surface area contributed by atoms with Gasteiger partial charge in [-0.15, -0.1) is 11.3 Å². The summed E-state index contributed by atoms with van der Waals surface area (Å²) in [6.07, 6.45) is 0. The molecule has 3 rings (SSSR count). The van der Waals surface area contributed by atoms with Gasteiger partial charge in [0.05, 0.1) is 28.8 Å². The third-order valence-electron chi connectivity index (χ3n) is 2.54. The van der Waals surface area contributed by atoms with Crippen LogP contribution in [0.3, 0.4) is 0 Å². The van der Waals surface area contributed by atoms with E-state index in [1.807, 2.05) is 5.38 Å².